The molecule has 0 saturated carbocycles. The van der Waals surface area contributed by atoms with Crippen LogP contribution in [0.5, 0.6) is 0 Å². The first-order valence-electron chi connectivity index (χ1n) is 8.40. The van der Waals surface area contributed by atoms with Gasteiger partial charge in [0, 0.05) is 18.5 Å². The molecule has 27 heavy (non-hydrogen) atoms. The van der Waals surface area contributed by atoms with Crippen molar-refractivity contribution in [2.45, 2.75) is 52.0 Å². The molecule has 4 nitrogen and oxygen atoms in total. The quantitative estimate of drug-likeness (QED) is 0.753. The summed E-state index contributed by atoms with van der Waals surface area (Å²) in [6, 6.07) is 3.07. The largest absolute Gasteiger partial charge is 0.492 e. The second-order valence-corrected chi connectivity index (χ2v) is 7.86. The average Bonchev–Trinajstić information content (AvgIpc) is 2.72. The van der Waals surface area contributed by atoms with Crippen molar-refractivity contribution in [1.82, 2.24) is 5.32 Å². The maximum atomic E-state index is 13.0. The highest BCUT2D eigenvalue weighted by molar-refractivity contribution is 6.56. The van der Waals surface area contributed by atoms with Crippen LogP contribution in [0.25, 0.3) is 6.08 Å². The van der Waals surface area contributed by atoms with Gasteiger partial charge in [-0.05, 0) is 56.9 Å². The molecular weight excluding hydrogens is 381 g/mol. The second kappa shape index (κ2) is 7.49. The van der Waals surface area contributed by atoms with E-state index < -0.39 is 30.1 Å². The third kappa shape index (κ3) is 5.06. The Morgan fingerprint density at radius 1 is 1.22 bits per heavy atom. The van der Waals surface area contributed by atoms with Crippen LogP contribution in [0, 0.1) is 0 Å². The molecule has 1 amide bonds. The Morgan fingerprint density at radius 3 is 2.26 bits per heavy atom. The Bertz CT molecular complexity index is 747. The third-order valence-corrected chi connectivity index (χ3v) is 5.11. The van der Waals surface area contributed by atoms with Gasteiger partial charge in [-0.2, -0.15) is 13.2 Å². The normalized spacial score (nSPS) is 19.3. The highest BCUT2D eigenvalue weighted by Crippen LogP contribution is 2.39. The zero-order valence-electron chi connectivity index (χ0n) is 15.8. The molecule has 1 heterocycles. The molecule has 0 aromatic heterocycles. The summed E-state index contributed by atoms with van der Waals surface area (Å²) in [6.45, 7) is 8.85. The van der Waals surface area contributed by atoms with Crippen LogP contribution >= 0.6 is 11.6 Å². The number of hydrogen-bond donors (Lipinski definition) is 1. The molecule has 1 aromatic rings. The molecule has 0 radical (unpaired) electrons. The van der Waals surface area contributed by atoms with Gasteiger partial charge in [0.25, 0.3) is 0 Å². The van der Waals surface area contributed by atoms with Crippen LogP contribution in [0.1, 0.15) is 45.7 Å². The van der Waals surface area contributed by atoms with Gasteiger partial charge in [-0.1, -0.05) is 17.7 Å². The van der Waals surface area contributed by atoms with Crippen LogP contribution in [0.2, 0.25) is 5.02 Å². The van der Waals surface area contributed by atoms with E-state index in [1.165, 1.54) is 19.1 Å². The topological polar surface area (TPSA) is 47.6 Å². The summed E-state index contributed by atoms with van der Waals surface area (Å²) >= 11 is 6.09. The highest BCUT2D eigenvalue weighted by Gasteiger charge is 2.52. The fourth-order valence-corrected chi connectivity index (χ4v) is 2.63. The van der Waals surface area contributed by atoms with E-state index in [0.29, 0.717) is 5.47 Å². The lowest BCUT2D eigenvalue weighted by atomic mass is 9.77. The first-order valence-corrected chi connectivity index (χ1v) is 8.78. The Morgan fingerprint density at radius 2 is 1.78 bits per heavy atom. The first-order chi connectivity index (χ1) is 12.2. The minimum atomic E-state index is -4.49. The zero-order chi connectivity index (χ0) is 20.6. The lowest BCUT2D eigenvalue weighted by Gasteiger charge is -2.32. The summed E-state index contributed by atoms with van der Waals surface area (Å²) < 4.78 is 51.0. The monoisotopic (exact) mass is 403 g/mol. The van der Waals surface area contributed by atoms with Crippen LogP contribution in [0.15, 0.2) is 23.7 Å². The van der Waals surface area contributed by atoms with Crippen molar-refractivity contribution < 1.29 is 27.3 Å². The van der Waals surface area contributed by atoms with Crippen LogP contribution in [0.3, 0.4) is 0 Å². The van der Waals surface area contributed by atoms with Crippen molar-refractivity contribution in [3.8, 4) is 0 Å². The van der Waals surface area contributed by atoms with Gasteiger partial charge in [-0.15, -0.1) is 0 Å². The number of alkyl halides is 3. The Hall–Kier alpha value is -1.51. The maximum absolute atomic E-state index is 13.0. The predicted octanol–water partition coefficient (Wildman–Crippen LogP) is 4.51. The molecule has 148 valence electrons. The lowest BCUT2D eigenvalue weighted by Crippen LogP contribution is -2.41. The summed E-state index contributed by atoms with van der Waals surface area (Å²) in [5.41, 5.74) is -1.45. The Kier molecular flexibility index (Phi) is 6.04. The van der Waals surface area contributed by atoms with Gasteiger partial charge in [0.1, 0.15) is 0 Å². The number of rotatable bonds is 4. The van der Waals surface area contributed by atoms with Crippen molar-refractivity contribution in [3.63, 3.8) is 0 Å². The van der Waals surface area contributed by atoms with Gasteiger partial charge in [-0.25, -0.2) is 0 Å². The van der Waals surface area contributed by atoms with Crippen molar-refractivity contribution in [1.29, 1.82) is 0 Å². The van der Waals surface area contributed by atoms with Gasteiger partial charge >= 0.3 is 13.3 Å². The van der Waals surface area contributed by atoms with E-state index in [1.54, 1.807) is 0 Å². The fraction of sp³-hybridized carbons (Fsp3) is 0.500. The predicted molar refractivity (Wildman–Crippen MR) is 99.2 cm³/mol. The third-order valence-electron chi connectivity index (χ3n) is 4.76. The van der Waals surface area contributed by atoms with Crippen molar-refractivity contribution in [2.75, 3.05) is 6.54 Å². The van der Waals surface area contributed by atoms with Crippen LogP contribution in [-0.2, 0) is 20.3 Å². The van der Waals surface area contributed by atoms with Crippen molar-refractivity contribution in [3.05, 3.63) is 39.8 Å². The number of amides is 1. The molecule has 1 saturated heterocycles. The zero-order valence-corrected chi connectivity index (χ0v) is 16.6. The molecule has 0 bridgehead atoms. The molecule has 1 aromatic carbocycles. The molecule has 0 spiro atoms. The number of carbonyl (C=O) groups is 1. The van der Waals surface area contributed by atoms with Crippen LogP contribution < -0.4 is 5.32 Å². The summed E-state index contributed by atoms with van der Waals surface area (Å²) in [7, 11) is -0.826. The van der Waals surface area contributed by atoms with E-state index in [9.17, 15) is 18.0 Å². The van der Waals surface area contributed by atoms with Gasteiger partial charge in [0.15, 0.2) is 0 Å². The molecule has 1 N–H and O–H groups in total. The van der Waals surface area contributed by atoms with Gasteiger partial charge in [0.05, 0.1) is 16.8 Å². The van der Waals surface area contributed by atoms with E-state index in [4.69, 9.17) is 20.9 Å². The minimum absolute atomic E-state index is 0.0543. The van der Waals surface area contributed by atoms with E-state index in [0.717, 1.165) is 12.1 Å². The van der Waals surface area contributed by atoms with E-state index in [-0.39, 0.29) is 23.0 Å². The van der Waals surface area contributed by atoms with E-state index >= 15 is 0 Å². The van der Waals surface area contributed by atoms with E-state index in [2.05, 4.69) is 5.32 Å². The van der Waals surface area contributed by atoms with Crippen LogP contribution in [0.4, 0.5) is 13.2 Å². The second-order valence-electron chi connectivity index (χ2n) is 7.45. The molecule has 0 unspecified atom stereocenters. The minimum Gasteiger partial charge on any atom is -0.400 e. The Labute approximate surface area is 162 Å². The van der Waals surface area contributed by atoms with Crippen LogP contribution in [-0.4, -0.2) is 30.8 Å². The highest BCUT2D eigenvalue weighted by atomic mass is 35.5. The number of nitrogens with one attached hydrogen (secondary N) is 1. The SMILES string of the molecule is CC(=O)NCC(=Cc1cc(C(F)(F)F)ccc1Cl)B1OC(C)(C)C(C)(C)O1. The molecule has 9 heteroatoms. The number of carbonyl (C=O) groups excluding carboxylic acids is 1. The molecule has 2 rings (SSSR count). The standard InChI is InChI=1S/C18H22BClF3NO3/c1-11(25)24-10-14(19-26-16(2,3)17(4,5)27-19)9-12-8-13(18(21,22)23)6-7-15(12)20/h6-9H,10H2,1-5H3,(H,24,25). The molecule has 0 aliphatic carbocycles. The smallest absolute Gasteiger partial charge is 0.400 e. The lowest BCUT2D eigenvalue weighted by molar-refractivity contribution is -0.137. The molecule has 1 fully saturated rings. The Balaban J connectivity index is 2.45. The summed E-state index contributed by atoms with van der Waals surface area (Å²) in [4.78, 5) is 11.3. The number of benzene rings is 1. The van der Waals surface area contributed by atoms with Gasteiger partial charge < -0.3 is 14.6 Å². The van der Waals surface area contributed by atoms with Gasteiger partial charge in [-0.3, -0.25) is 4.79 Å². The van der Waals surface area contributed by atoms with Gasteiger partial charge in [0.2, 0.25) is 5.91 Å². The summed E-state index contributed by atoms with van der Waals surface area (Å²) in [6.07, 6.45) is -3.02. The number of halogens is 4. The first kappa shape index (κ1) is 21.8. The summed E-state index contributed by atoms with van der Waals surface area (Å²) in [5.74, 6) is -0.285. The average molecular weight is 404 g/mol. The van der Waals surface area contributed by atoms with E-state index in [1.807, 2.05) is 27.7 Å². The molecule has 0 atom stereocenters. The fourth-order valence-electron chi connectivity index (χ4n) is 2.45. The van der Waals surface area contributed by atoms with Crippen molar-refractivity contribution in [2.24, 2.45) is 0 Å². The molecule has 1 aliphatic heterocycles. The molecule has 1 aliphatic rings. The molecular formula is C18H22BClF3NO3. The maximum Gasteiger partial charge on any atom is 0.492 e. The summed E-state index contributed by atoms with van der Waals surface area (Å²) in [5, 5.41) is 2.78. The van der Waals surface area contributed by atoms with Crippen molar-refractivity contribution >= 4 is 30.7 Å². The number of hydrogen-bond acceptors (Lipinski definition) is 3.